The maximum Gasteiger partial charge on any atom is 0.230 e. The lowest BCUT2D eigenvalue weighted by molar-refractivity contribution is -0.124. The average Bonchev–Trinajstić information content (AvgIpc) is 3.06. The molecule has 4 fully saturated rings. The molecular weight excluding hydrogens is 398 g/mol. The standard InChI is InChI=1S/C22H29N5O2S/c1-2-29-18-5-3-17(4-6-18)20-25-26-21(27(20)23)30-13-19(28)24-22-10-14-7-15(11-22)9-16(8-14)12-22/h3-6,14-16H,2,7-13,23H2,1H3,(H,24,28). The molecule has 160 valence electrons. The van der Waals surface area contributed by atoms with Crippen molar-refractivity contribution in [3.63, 3.8) is 0 Å². The zero-order chi connectivity index (χ0) is 20.7. The second-order valence-electron chi connectivity index (χ2n) is 9.17. The smallest absolute Gasteiger partial charge is 0.230 e. The van der Waals surface area contributed by atoms with Crippen LogP contribution in [0, 0.1) is 17.8 Å². The Bertz CT molecular complexity index is 891. The van der Waals surface area contributed by atoms with Gasteiger partial charge in [0.25, 0.3) is 0 Å². The van der Waals surface area contributed by atoms with Crippen LogP contribution in [0.25, 0.3) is 11.4 Å². The molecule has 1 aromatic carbocycles. The number of nitrogens with zero attached hydrogens (tertiary/aromatic N) is 3. The van der Waals surface area contributed by atoms with E-state index in [1.165, 1.54) is 35.7 Å². The van der Waals surface area contributed by atoms with Crippen molar-refractivity contribution >= 4 is 17.7 Å². The summed E-state index contributed by atoms with van der Waals surface area (Å²) in [7, 11) is 0. The molecule has 0 unspecified atom stereocenters. The number of nitrogens with one attached hydrogen (secondary N) is 1. The van der Waals surface area contributed by atoms with E-state index in [0.29, 0.717) is 23.3 Å². The Balaban J connectivity index is 1.20. The monoisotopic (exact) mass is 427 g/mol. The van der Waals surface area contributed by atoms with Gasteiger partial charge in [-0.15, -0.1) is 10.2 Å². The summed E-state index contributed by atoms with van der Waals surface area (Å²) in [5, 5.41) is 12.3. The van der Waals surface area contributed by atoms with Crippen molar-refractivity contribution in [1.29, 1.82) is 0 Å². The van der Waals surface area contributed by atoms with Gasteiger partial charge in [-0.3, -0.25) is 4.79 Å². The van der Waals surface area contributed by atoms with Gasteiger partial charge in [0, 0.05) is 11.1 Å². The summed E-state index contributed by atoms with van der Waals surface area (Å²) in [4.78, 5) is 12.7. The van der Waals surface area contributed by atoms with Gasteiger partial charge < -0.3 is 15.9 Å². The Hall–Kier alpha value is -2.22. The quantitative estimate of drug-likeness (QED) is 0.520. The summed E-state index contributed by atoms with van der Waals surface area (Å²) < 4.78 is 6.93. The van der Waals surface area contributed by atoms with E-state index in [1.807, 2.05) is 31.2 Å². The van der Waals surface area contributed by atoms with E-state index in [4.69, 9.17) is 10.6 Å². The third kappa shape index (κ3) is 3.77. The van der Waals surface area contributed by atoms with Crippen LogP contribution < -0.4 is 15.9 Å². The third-order valence-electron chi connectivity index (χ3n) is 6.86. The molecule has 1 amide bonds. The fraction of sp³-hybridized carbons (Fsp3) is 0.591. The molecule has 4 aliphatic carbocycles. The summed E-state index contributed by atoms with van der Waals surface area (Å²) in [6, 6.07) is 7.59. The third-order valence-corrected chi connectivity index (χ3v) is 7.81. The largest absolute Gasteiger partial charge is 0.494 e. The second kappa shape index (κ2) is 7.80. The molecule has 1 heterocycles. The van der Waals surface area contributed by atoms with Crippen molar-refractivity contribution in [3.8, 4) is 17.1 Å². The molecule has 7 nitrogen and oxygen atoms in total. The number of carbonyl (C=O) groups excluding carboxylic acids is 1. The molecule has 3 N–H and O–H groups in total. The molecule has 0 saturated heterocycles. The van der Waals surface area contributed by atoms with Crippen LogP contribution in [-0.4, -0.2) is 38.7 Å². The molecule has 8 heteroatoms. The minimum atomic E-state index is 0.0379. The molecular formula is C22H29N5O2S. The molecule has 0 atom stereocenters. The van der Waals surface area contributed by atoms with Gasteiger partial charge in [0.05, 0.1) is 12.4 Å². The lowest BCUT2D eigenvalue weighted by Crippen LogP contribution is -2.60. The highest BCUT2D eigenvalue weighted by Crippen LogP contribution is 2.55. The fourth-order valence-electron chi connectivity index (χ4n) is 6.16. The van der Waals surface area contributed by atoms with Gasteiger partial charge in [0.15, 0.2) is 5.82 Å². The van der Waals surface area contributed by atoms with Gasteiger partial charge >= 0.3 is 0 Å². The van der Waals surface area contributed by atoms with E-state index in [1.54, 1.807) is 0 Å². The van der Waals surface area contributed by atoms with Crippen molar-refractivity contribution in [2.75, 3.05) is 18.2 Å². The van der Waals surface area contributed by atoms with Gasteiger partial charge in [-0.05, 0) is 87.5 Å². The summed E-state index contributed by atoms with van der Waals surface area (Å²) in [6.07, 6.45) is 7.58. The Kier molecular flexibility index (Phi) is 5.13. The van der Waals surface area contributed by atoms with Crippen LogP contribution in [0.2, 0.25) is 0 Å². The Morgan fingerprint density at radius 1 is 1.17 bits per heavy atom. The fourth-order valence-corrected chi connectivity index (χ4v) is 6.82. The van der Waals surface area contributed by atoms with E-state index in [-0.39, 0.29) is 11.4 Å². The predicted molar refractivity (Wildman–Crippen MR) is 117 cm³/mol. The van der Waals surface area contributed by atoms with E-state index in [2.05, 4.69) is 15.5 Å². The SMILES string of the molecule is CCOc1ccc(-c2nnc(SCC(=O)NC34CC5CC(CC(C5)C3)C4)n2N)cc1. The van der Waals surface area contributed by atoms with E-state index in [0.717, 1.165) is 48.3 Å². The minimum Gasteiger partial charge on any atom is -0.494 e. The summed E-state index contributed by atoms with van der Waals surface area (Å²) >= 11 is 1.34. The average molecular weight is 428 g/mol. The number of aromatic nitrogens is 3. The van der Waals surface area contributed by atoms with Gasteiger partial charge in [-0.2, -0.15) is 0 Å². The number of ether oxygens (including phenoxy) is 1. The highest BCUT2D eigenvalue weighted by Gasteiger charge is 2.51. The van der Waals surface area contributed by atoms with Crippen LogP contribution in [0.1, 0.15) is 45.4 Å². The van der Waals surface area contributed by atoms with Crippen LogP contribution in [0.4, 0.5) is 0 Å². The maximum atomic E-state index is 12.7. The van der Waals surface area contributed by atoms with Crippen LogP contribution >= 0.6 is 11.8 Å². The van der Waals surface area contributed by atoms with Gasteiger partial charge in [-0.25, -0.2) is 4.68 Å². The zero-order valence-electron chi connectivity index (χ0n) is 17.3. The summed E-state index contributed by atoms with van der Waals surface area (Å²) in [5.41, 5.74) is 0.898. The highest BCUT2D eigenvalue weighted by atomic mass is 32.2. The number of benzene rings is 1. The first-order valence-electron chi connectivity index (χ1n) is 10.9. The van der Waals surface area contributed by atoms with Crippen LogP contribution in [0.15, 0.2) is 29.4 Å². The number of nitrogens with two attached hydrogens (primary N) is 1. The first-order valence-corrected chi connectivity index (χ1v) is 11.9. The molecule has 4 aliphatic rings. The Morgan fingerprint density at radius 3 is 2.40 bits per heavy atom. The molecule has 30 heavy (non-hydrogen) atoms. The van der Waals surface area contributed by atoms with E-state index >= 15 is 0 Å². The maximum absolute atomic E-state index is 12.7. The summed E-state index contributed by atoms with van der Waals surface area (Å²) in [5.74, 6) is 10.4. The molecule has 4 saturated carbocycles. The lowest BCUT2D eigenvalue weighted by atomic mass is 9.53. The van der Waals surface area contributed by atoms with Crippen molar-refractivity contribution in [2.24, 2.45) is 17.8 Å². The van der Waals surface area contributed by atoms with E-state index < -0.39 is 0 Å². The number of rotatable bonds is 7. The number of hydrogen-bond donors (Lipinski definition) is 2. The van der Waals surface area contributed by atoms with Crippen LogP contribution in [0.3, 0.4) is 0 Å². The number of nitrogen functional groups attached to an aromatic ring is 1. The molecule has 0 spiro atoms. The zero-order valence-corrected chi connectivity index (χ0v) is 18.2. The number of amides is 1. The molecule has 2 aromatic rings. The van der Waals surface area contributed by atoms with Crippen molar-refractivity contribution < 1.29 is 9.53 Å². The van der Waals surface area contributed by atoms with E-state index in [9.17, 15) is 4.79 Å². The molecule has 0 radical (unpaired) electrons. The van der Waals surface area contributed by atoms with Gasteiger partial charge in [0.1, 0.15) is 5.75 Å². The minimum absolute atomic E-state index is 0.0379. The normalized spacial score (nSPS) is 29.2. The molecule has 4 bridgehead atoms. The topological polar surface area (TPSA) is 95.1 Å². The molecule has 6 rings (SSSR count). The lowest BCUT2D eigenvalue weighted by Gasteiger charge is -2.56. The predicted octanol–water partition coefficient (Wildman–Crippen LogP) is 3.23. The molecule has 0 aliphatic heterocycles. The van der Waals surface area contributed by atoms with Gasteiger partial charge in [-0.1, -0.05) is 11.8 Å². The van der Waals surface area contributed by atoms with Crippen LogP contribution in [-0.2, 0) is 4.79 Å². The second-order valence-corrected chi connectivity index (χ2v) is 10.1. The Labute approximate surface area is 181 Å². The molecule has 1 aromatic heterocycles. The van der Waals surface area contributed by atoms with Crippen molar-refractivity contribution in [2.45, 2.75) is 56.1 Å². The number of hydrogen-bond acceptors (Lipinski definition) is 6. The Morgan fingerprint density at radius 2 is 1.80 bits per heavy atom. The number of carbonyl (C=O) groups is 1. The first-order chi connectivity index (χ1) is 14.5. The van der Waals surface area contributed by atoms with Crippen molar-refractivity contribution in [1.82, 2.24) is 20.2 Å². The first kappa shape index (κ1) is 19.7. The van der Waals surface area contributed by atoms with Crippen LogP contribution in [0.5, 0.6) is 5.75 Å². The number of thioether (sulfide) groups is 1. The summed E-state index contributed by atoms with van der Waals surface area (Å²) in [6.45, 7) is 2.58. The van der Waals surface area contributed by atoms with Gasteiger partial charge in [0.2, 0.25) is 11.1 Å². The highest BCUT2D eigenvalue weighted by molar-refractivity contribution is 7.99. The van der Waals surface area contributed by atoms with Crippen molar-refractivity contribution in [3.05, 3.63) is 24.3 Å².